The van der Waals surface area contributed by atoms with E-state index < -0.39 is 6.36 Å². The Hall–Kier alpha value is -3.44. The van der Waals surface area contributed by atoms with Crippen LogP contribution in [0.3, 0.4) is 0 Å². The standard InChI is InChI=1S/C27H26F3N3O4.C2H6O/c28-27(29,30)36-23-4-2-1-3-21(23)25-22(26(37-32-25)17-6-7-17)15-35-20-9-18-12-33(13-19(18)10-20)24-8-5-16(14-34)11-31-24;1-3-2/h1-5,8,11,14,17-20H,6-7,9-10,12-13,15H2;1-2H3/t18-,19?,20?;/m0./s1. The van der Waals surface area contributed by atoms with Crippen molar-refractivity contribution < 1.29 is 36.7 Å². The number of rotatable bonds is 8. The van der Waals surface area contributed by atoms with E-state index in [0.717, 1.165) is 50.9 Å². The molecular formula is C29H32F3N3O5. The molecule has 0 spiro atoms. The second-order valence-corrected chi connectivity index (χ2v) is 10.5. The molecule has 1 aromatic carbocycles. The Bertz CT molecular complexity index is 1280. The summed E-state index contributed by atoms with van der Waals surface area (Å²) in [5.74, 6) is 2.44. The summed E-state index contributed by atoms with van der Waals surface area (Å²) in [5, 5.41) is 4.16. The van der Waals surface area contributed by atoms with E-state index in [-0.39, 0.29) is 29.9 Å². The molecular weight excluding hydrogens is 527 g/mol. The zero-order chi connectivity index (χ0) is 28.3. The van der Waals surface area contributed by atoms with Crippen molar-refractivity contribution in [3.63, 3.8) is 0 Å². The lowest BCUT2D eigenvalue weighted by atomic mass is 10.0. The summed E-state index contributed by atoms with van der Waals surface area (Å²) in [6, 6.07) is 9.65. The van der Waals surface area contributed by atoms with Gasteiger partial charge in [0.05, 0.1) is 12.7 Å². The number of methoxy groups -OCH3 is 1. The van der Waals surface area contributed by atoms with Crippen LogP contribution in [0.1, 0.15) is 53.3 Å². The Morgan fingerprint density at radius 1 is 1.07 bits per heavy atom. The maximum atomic E-state index is 13.0. The number of alkyl halides is 3. The number of aldehydes is 1. The average Bonchev–Trinajstić information content (AvgIpc) is 3.39. The summed E-state index contributed by atoms with van der Waals surface area (Å²) in [7, 11) is 3.25. The highest BCUT2D eigenvalue weighted by Gasteiger charge is 2.42. The van der Waals surface area contributed by atoms with Crippen LogP contribution in [0.25, 0.3) is 11.3 Å². The Morgan fingerprint density at radius 3 is 2.38 bits per heavy atom. The Kier molecular flexibility index (Phi) is 8.41. The summed E-state index contributed by atoms with van der Waals surface area (Å²) in [6.07, 6.45) is 1.36. The van der Waals surface area contributed by atoms with E-state index in [1.807, 2.05) is 6.07 Å². The van der Waals surface area contributed by atoms with Gasteiger partial charge in [0.1, 0.15) is 23.0 Å². The molecule has 3 fully saturated rings. The predicted molar refractivity (Wildman–Crippen MR) is 140 cm³/mol. The van der Waals surface area contributed by atoms with Gasteiger partial charge < -0.3 is 23.6 Å². The van der Waals surface area contributed by atoms with E-state index in [4.69, 9.17) is 9.26 Å². The molecule has 0 radical (unpaired) electrons. The van der Waals surface area contributed by atoms with E-state index in [1.165, 1.54) is 12.1 Å². The molecule has 3 aliphatic rings. The van der Waals surface area contributed by atoms with Crippen LogP contribution in [0.15, 0.2) is 47.1 Å². The first-order valence-corrected chi connectivity index (χ1v) is 13.3. The monoisotopic (exact) mass is 559 g/mol. The van der Waals surface area contributed by atoms with Crippen molar-refractivity contribution in [3.8, 4) is 17.0 Å². The fourth-order valence-electron chi connectivity index (χ4n) is 5.64. The van der Waals surface area contributed by atoms with E-state index in [0.29, 0.717) is 34.4 Å². The van der Waals surface area contributed by atoms with Gasteiger partial charge in [-0.15, -0.1) is 13.2 Å². The lowest BCUT2D eigenvalue weighted by molar-refractivity contribution is -0.274. The van der Waals surface area contributed by atoms with Gasteiger partial charge in [-0.2, -0.15) is 0 Å². The van der Waals surface area contributed by atoms with Gasteiger partial charge in [-0.25, -0.2) is 4.98 Å². The Balaban J connectivity index is 0.00000103. The number of carbonyl (C=O) groups is 1. The van der Waals surface area contributed by atoms with E-state index in [2.05, 4.69) is 24.5 Å². The fourth-order valence-corrected chi connectivity index (χ4v) is 5.64. The van der Waals surface area contributed by atoms with Crippen molar-refractivity contribution in [3.05, 3.63) is 59.5 Å². The summed E-state index contributed by atoms with van der Waals surface area (Å²) < 4.78 is 59.5. The van der Waals surface area contributed by atoms with Gasteiger partial charge >= 0.3 is 6.36 Å². The second kappa shape index (κ2) is 12.0. The number of pyridine rings is 1. The molecule has 3 aromatic rings. The van der Waals surface area contributed by atoms with Crippen LogP contribution in [0, 0.1) is 11.8 Å². The molecule has 3 heterocycles. The van der Waals surface area contributed by atoms with Crippen molar-refractivity contribution in [2.24, 2.45) is 11.8 Å². The maximum Gasteiger partial charge on any atom is 0.573 e. The average molecular weight is 560 g/mol. The van der Waals surface area contributed by atoms with Crippen LogP contribution in [0.4, 0.5) is 19.0 Å². The number of benzene rings is 1. The van der Waals surface area contributed by atoms with E-state index >= 15 is 0 Å². The first-order valence-electron chi connectivity index (χ1n) is 13.3. The topological polar surface area (TPSA) is 86.9 Å². The number of hydrogen-bond acceptors (Lipinski definition) is 8. The molecule has 2 aliphatic carbocycles. The number of anilines is 1. The normalized spacial score (nSPS) is 22.0. The third kappa shape index (κ3) is 6.47. The molecule has 2 aromatic heterocycles. The summed E-state index contributed by atoms with van der Waals surface area (Å²) >= 11 is 0. The van der Waals surface area contributed by atoms with Crippen molar-refractivity contribution >= 4 is 12.1 Å². The molecule has 2 unspecified atom stereocenters. The Labute approximate surface area is 230 Å². The molecule has 2 saturated carbocycles. The van der Waals surface area contributed by atoms with Crippen LogP contribution >= 0.6 is 0 Å². The van der Waals surface area contributed by atoms with Gasteiger partial charge in [-0.1, -0.05) is 17.3 Å². The molecule has 0 amide bonds. The molecule has 1 saturated heterocycles. The molecule has 40 heavy (non-hydrogen) atoms. The van der Waals surface area contributed by atoms with Crippen LogP contribution in [0.2, 0.25) is 0 Å². The number of aromatic nitrogens is 2. The lowest BCUT2D eigenvalue weighted by Crippen LogP contribution is -2.24. The zero-order valence-corrected chi connectivity index (χ0v) is 22.4. The first-order chi connectivity index (χ1) is 19.3. The van der Waals surface area contributed by atoms with Crippen molar-refractivity contribution in [1.29, 1.82) is 0 Å². The van der Waals surface area contributed by atoms with Crippen molar-refractivity contribution in [1.82, 2.24) is 10.1 Å². The van der Waals surface area contributed by atoms with E-state index in [1.54, 1.807) is 38.6 Å². The highest BCUT2D eigenvalue weighted by molar-refractivity contribution is 5.74. The second-order valence-electron chi connectivity index (χ2n) is 10.5. The third-order valence-corrected chi connectivity index (χ3v) is 7.54. The smallest absolute Gasteiger partial charge is 0.405 e. The largest absolute Gasteiger partial charge is 0.573 e. The quantitative estimate of drug-likeness (QED) is 0.310. The van der Waals surface area contributed by atoms with Crippen molar-refractivity contribution in [2.45, 2.75) is 50.7 Å². The third-order valence-electron chi connectivity index (χ3n) is 7.54. The number of halogens is 3. The molecule has 11 heteroatoms. The molecule has 0 N–H and O–H groups in total. The van der Waals surface area contributed by atoms with Gasteiger partial charge in [0.15, 0.2) is 6.29 Å². The van der Waals surface area contributed by atoms with Gasteiger partial charge in [-0.05, 0) is 61.8 Å². The predicted octanol–water partition coefficient (Wildman–Crippen LogP) is 6.02. The molecule has 6 rings (SSSR count). The van der Waals surface area contributed by atoms with Crippen molar-refractivity contribution in [2.75, 3.05) is 32.2 Å². The number of hydrogen-bond donors (Lipinski definition) is 0. The summed E-state index contributed by atoms with van der Waals surface area (Å²) in [5.41, 5.74) is 1.85. The van der Waals surface area contributed by atoms with Crippen LogP contribution in [0.5, 0.6) is 5.75 Å². The number of para-hydroxylation sites is 1. The molecule has 0 bridgehead atoms. The SMILES string of the molecule is COC.O=Cc1ccc(N2CC3CC(OCc4c(-c5ccccc5OC(F)(F)F)noc4C4CC4)C[C@H]3C2)nc1. The highest BCUT2D eigenvalue weighted by atomic mass is 19.4. The number of nitrogens with zero attached hydrogens (tertiary/aromatic N) is 3. The van der Waals surface area contributed by atoms with Crippen LogP contribution < -0.4 is 9.64 Å². The number of carbonyl (C=O) groups excluding carboxylic acids is 1. The summed E-state index contributed by atoms with van der Waals surface area (Å²) in [4.78, 5) is 17.6. The molecule has 214 valence electrons. The van der Waals surface area contributed by atoms with Gasteiger partial charge in [0.25, 0.3) is 0 Å². The van der Waals surface area contributed by atoms with Crippen LogP contribution in [-0.2, 0) is 16.1 Å². The number of ether oxygens (including phenoxy) is 3. The fraction of sp³-hybridized carbons (Fsp3) is 0.483. The van der Waals surface area contributed by atoms with Gasteiger partial charge in [0.2, 0.25) is 0 Å². The molecule has 1 aliphatic heterocycles. The first kappa shape index (κ1) is 28.1. The minimum absolute atomic E-state index is 0.0546. The zero-order valence-electron chi connectivity index (χ0n) is 22.4. The molecule has 8 nitrogen and oxygen atoms in total. The van der Waals surface area contributed by atoms with E-state index in [9.17, 15) is 18.0 Å². The summed E-state index contributed by atoms with van der Waals surface area (Å²) in [6.45, 7) is 1.99. The lowest BCUT2D eigenvalue weighted by Gasteiger charge is -2.20. The molecule has 3 atom stereocenters. The number of fused-ring (bicyclic) bond motifs is 1. The van der Waals surface area contributed by atoms with Gasteiger partial charge in [-0.3, -0.25) is 4.79 Å². The van der Waals surface area contributed by atoms with Gasteiger partial charge in [0, 0.05) is 56.1 Å². The van der Waals surface area contributed by atoms with Crippen LogP contribution in [-0.4, -0.2) is 56.2 Å². The maximum absolute atomic E-state index is 13.0. The minimum atomic E-state index is -4.81. The Morgan fingerprint density at radius 2 is 1.77 bits per heavy atom. The minimum Gasteiger partial charge on any atom is -0.405 e. The highest BCUT2D eigenvalue weighted by Crippen LogP contribution is 2.46.